The Hall–Kier alpha value is -2.51. The molecule has 1 aliphatic rings. The van der Waals surface area contributed by atoms with E-state index in [4.69, 9.17) is 11.6 Å². The molecule has 1 aromatic carbocycles. The largest absolute Gasteiger partial charge is 0.372 e. The van der Waals surface area contributed by atoms with Crippen LogP contribution in [0, 0.1) is 12.7 Å². The molecule has 1 saturated heterocycles. The highest BCUT2D eigenvalue weighted by Gasteiger charge is 2.51. The van der Waals surface area contributed by atoms with Crippen LogP contribution < -0.4 is 10.2 Å². The summed E-state index contributed by atoms with van der Waals surface area (Å²) in [5, 5.41) is 13.4. The molecule has 1 fully saturated rings. The zero-order chi connectivity index (χ0) is 19.6. The summed E-state index contributed by atoms with van der Waals surface area (Å²) >= 11 is 5.80. The van der Waals surface area contributed by atoms with Gasteiger partial charge < -0.3 is 15.3 Å². The molecule has 27 heavy (non-hydrogen) atoms. The lowest BCUT2D eigenvalue weighted by atomic mass is 10.0. The minimum atomic E-state index is -2.12. The van der Waals surface area contributed by atoms with Crippen LogP contribution in [0.5, 0.6) is 0 Å². The molecular weight excluding hydrogens is 373 g/mol. The van der Waals surface area contributed by atoms with Crippen molar-refractivity contribution < 1.29 is 19.1 Å². The van der Waals surface area contributed by atoms with Crippen LogP contribution in [-0.2, 0) is 16.0 Å². The third kappa shape index (κ3) is 4.09. The summed E-state index contributed by atoms with van der Waals surface area (Å²) < 4.78 is 13.3. The van der Waals surface area contributed by atoms with E-state index in [1.54, 1.807) is 18.2 Å². The number of halogens is 2. The number of aryl methyl sites for hydroxylation is 1. The van der Waals surface area contributed by atoms with Crippen molar-refractivity contribution in [3.05, 3.63) is 58.6 Å². The van der Waals surface area contributed by atoms with Crippen molar-refractivity contribution in [1.82, 2.24) is 10.3 Å². The van der Waals surface area contributed by atoms with Gasteiger partial charge in [-0.3, -0.25) is 14.6 Å². The van der Waals surface area contributed by atoms with Crippen LogP contribution >= 0.6 is 11.6 Å². The average Bonchev–Trinajstić information content (AvgIpc) is 2.91. The van der Waals surface area contributed by atoms with Gasteiger partial charge in [0.15, 0.2) is 0 Å². The summed E-state index contributed by atoms with van der Waals surface area (Å²) in [5.74, 6) is -1.91. The first-order valence-electron chi connectivity index (χ1n) is 8.50. The van der Waals surface area contributed by atoms with Gasteiger partial charge in [-0.1, -0.05) is 11.6 Å². The van der Waals surface area contributed by atoms with Crippen LogP contribution in [0.25, 0.3) is 0 Å². The Labute approximate surface area is 161 Å². The normalized spacial score (nSPS) is 19.4. The van der Waals surface area contributed by atoms with Crippen molar-refractivity contribution in [2.45, 2.75) is 25.4 Å². The molecule has 8 heteroatoms. The van der Waals surface area contributed by atoms with Crippen molar-refractivity contribution in [1.29, 1.82) is 0 Å². The maximum absolute atomic E-state index is 13.3. The first-order valence-corrected chi connectivity index (χ1v) is 8.88. The number of nitrogens with zero attached hydrogens (tertiary/aromatic N) is 2. The number of rotatable bonds is 5. The number of hydrogen-bond acceptors (Lipinski definition) is 4. The molecule has 1 unspecified atom stereocenters. The van der Waals surface area contributed by atoms with Crippen molar-refractivity contribution in [2.75, 3.05) is 18.0 Å². The van der Waals surface area contributed by atoms with Crippen molar-refractivity contribution in [3.8, 4) is 0 Å². The van der Waals surface area contributed by atoms with Crippen molar-refractivity contribution in [3.63, 3.8) is 0 Å². The zero-order valence-corrected chi connectivity index (χ0v) is 15.5. The molecule has 2 aromatic rings. The molecule has 0 aliphatic carbocycles. The molecular formula is C19H19ClFN3O3. The predicted molar refractivity (Wildman–Crippen MR) is 99.0 cm³/mol. The summed E-state index contributed by atoms with van der Waals surface area (Å²) in [6.07, 6.45) is 1.83. The number of carbonyl (C=O) groups is 2. The minimum absolute atomic E-state index is 0.0165. The topological polar surface area (TPSA) is 82.5 Å². The van der Waals surface area contributed by atoms with E-state index < -0.39 is 23.2 Å². The van der Waals surface area contributed by atoms with Crippen LogP contribution in [0.3, 0.4) is 0 Å². The number of nitrogens with one attached hydrogen (secondary N) is 1. The summed E-state index contributed by atoms with van der Waals surface area (Å²) in [4.78, 5) is 30.5. The lowest BCUT2D eigenvalue weighted by Crippen LogP contribution is -2.52. The summed E-state index contributed by atoms with van der Waals surface area (Å²) in [6, 6.07) is 7.58. The van der Waals surface area contributed by atoms with E-state index >= 15 is 0 Å². The van der Waals surface area contributed by atoms with E-state index in [0.717, 1.165) is 5.69 Å². The van der Waals surface area contributed by atoms with Gasteiger partial charge >= 0.3 is 0 Å². The van der Waals surface area contributed by atoms with Crippen LogP contribution in [0.2, 0.25) is 5.02 Å². The first-order chi connectivity index (χ1) is 12.8. The minimum Gasteiger partial charge on any atom is -0.372 e. The number of aliphatic hydroxyl groups is 1. The summed E-state index contributed by atoms with van der Waals surface area (Å²) in [5.41, 5.74) is -0.179. The van der Waals surface area contributed by atoms with Gasteiger partial charge in [-0.15, -0.1) is 0 Å². The van der Waals surface area contributed by atoms with Gasteiger partial charge in [0.25, 0.3) is 11.8 Å². The van der Waals surface area contributed by atoms with E-state index in [9.17, 15) is 19.1 Å². The summed E-state index contributed by atoms with van der Waals surface area (Å²) in [7, 11) is 0. The fraction of sp³-hybridized carbons (Fsp3) is 0.316. The quantitative estimate of drug-likeness (QED) is 0.764. The Balaban J connectivity index is 1.62. The van der Waals surface area contributed by atoms with Crippen molar-refractivity contribution >= 4 is 29.1 Å². The van der Waals surface area contributed by atoms with Crippen molar-refractivity contribution in [2.24, 2.45) is 0 Å². The van der Waals surface area contributed by atoms with E-state index in [2.05, 4.69) is 10.3 Å². The Morgan fingerprint density at radius 3 is 2.85 bits per heavy atom. The lowest BCUT2D eigenvalue weighted by molar-refractivity contribution is -0.149. The molecule has 0 radical (unpaired) electrons. The van der Waals surface area contributed by atoms with Crippen LogP contribution in [0.15, 0.2) is 36.5 Å². The average molecular weight is 392 g/mol. The second-order valence-corrected chi connectivity index (χ2v) is 6.94. The molecule has 0 spiro atoms. The van der Waals surface area contributed by atoms with Gasteiger partial charge in [0.05, 0.1) is 11.9 Å². The fourth-order valence-corrected chi connectivity index (χ4v) is 3.25. The molecule has 142 valence electrons. The maximum atomic E-state index is 13.3. The molecule has 2 heterocycles. The molecule has 2 amide bonds. The number of anilines is 1. The number of carbonyl (C=O) groups excluding carboxylic acids is 2. The molecule has 1 aliphatic heterocycles. The monoisotopic (exact) mass is 391 g/mol. The molecule has 0 bridgehead atoms. The number of amides is 2. The Morgan fingerprint density at radius 1 is 1.41 bits per heavy atom. The number of pyridine rings is 1. The van der Waals surface area contributed by atoms with Crippen LogP contribution in [-0.4, -0.2) is 40.6 Å². The molecule has 3 rings (SSSR count). The summed E-state index contributed by atoms with van der Waals surface area (Å²) in [6.45, 7) is 2.18. The Kier molecular flexibility index (Phi) is 5.43. The molecule has 1 aromatic heterocycles. The standard InChI is InChI=1S/C19H19ClFN3O3/c1-12-2-3-16(11-23-12)24-7-5-19(27,18(24)26)17(25)22-6-4-13-8-14(20)10-15(21)9-13/h2-3,8-11,27H,4-7H2,1H3,(H,22,25). The van der Waals surface area contributed by atoms with Gasteiger partial charge in [-0.2, -0.15) is 0 Å². The molecule has 6 nitrogen and oxygen atoms in total. The van der Waals surface area contributed by atoms with E-state index in [1.807, 2.05) is 6.92 Å². The fourth-order valence-electron chi connectivity index (χ4n) is 3.00. The Morgan fingerprint density at radius 2 is 2.19 bits per heavy atom. The second-order valence-electron chi connectivity index (χ2n) is 6.51. The first kappa shape index (κ1) is 19.3. The number of aromatic nitrogens is 1. The molecule has 0 saturated carbocycles. The van der Waals surface area contributed by atoms with Gasteiger partial charge in [0, 0.05) is 30.2 Å². The highest BCUT2D eigenvalue weighted by Crippen LogP contribution is 2.28. The third-order valence-corrected chi connectivity index (χ3v) is 4.72. The lowest BCUT2D eigenvalue weighted by Gasteiger charge is -2.21. The maximum Gasteiger partial charge on any atom is 0.268 e. The van der Waals surface area contributed by atoms with Crippen LogP contribution in [0.1, 0.15) is 17.7 Å². The Bertz CT molecular complexity index is 855. The smallest absolute Gasteiger partial charge is 0.268 e. The zero-order valence-electron chi connectivity index (χ0n) is 14.7. The van der Waals surface area contributed by atoms with Gasteiger partial charge in [-0.05, 0) is 49.2 Å². The van der Waals surface area contributed by atoms with Crippen LogP contribution in [0.4, 0.5) is 10.1 Å². The van der Waals surface area contributed by atoms with E-state index in [-0.39, 0.29) is 24.5 Å². The second kappa shape index (κ2) is 7.62. The van der Waals surface area contributed by atoms with Gasteiger partial charge in [0.1, 0.15) is 5.82 Å². The number of hydrogen-bond donors (Lipinski definition) is 2. The van der Waals surface area contributed by atoms with E-state index in [1.165, 1.54) is 23.2 Å². The molecule has 2 N–H and O–H groups in total. The SMILES string of the molecule is Cc1ccc(N2CCC(O)(C(=O)NCCc3cc(F)cc(Cl)c3)C2=O)cn1. The highest BCUT2D eigenvalue weighted by molar-refractivity contribution is 6.30. The number of benzene rings is 1. The van der Waals surface area contributed by atoms with Gasteiger partial charge in [-0.25, -0.2) is 4.39 Å². The van der Waals surface area contributed by atoms with E-state index in [0.29, 0.717) is 17.7 Å². The van der Waals surface area contributed by atoms with Gasteiger partial charge in [0.2, 0.25) is 5.60 Å². The predicted octanol–water partition coefficient (Wildman–Crippen LogP) is 2.01. The highest BCUT2D eigenvalue weighted by atomic mass is 35.5. The molecule has 1 atom stereocenters. The third-order valence-electron chi connectivity index (χ3n) is 4.50.